The second-order valence-corrected chi connectivity index (χ2v) is 8.20. The number of pyridine rings is 1. The molecule has 0 radical (unpaired) electrons. The fourth-order valence-corrected chi connectivity index (χ4v) is 3.70. The first-order chi connectivity index (χ1) is 16.3. The molecule has 0 aliphatic carbocycles. The number of amides is 1. The van der Waals surface area contributed by atoms with Crippen molar-refractivity contribution in [2.45, 2.75) is 26.3 Å². The lowest BCUT2D eigenvalue weighted by atomic mass is 10.00. The number of ether oxygens (including phenoxy) is 3. The van der Waals surface area contributed by atoms with Crippen LogP contribution in [0.25, 0.3) is 22.2 Å². The number of rotatable bonds is 7. The Bertz CT molecular complexity index is 1340. The molecule has 0 spiro atoms. The Morgan fingerprint density at radius 3 is 2.24 bits per heavy atom. The molecule has 0 atom stereocenters. The molecule has 4 rings (SSSR count). The van der Waals surface area contributed by atoms with Gasteiger partial charge in [-0.15, -0.1) is 0 Å². The molecule has 0 saturated carbocycles. The number of carbonyl (C=O) groups excluding carboxylic acids is 1. The van der Waals surface area contributed by atoms with Crippen molar-refractivity contribution in [1.29, 1.82) is 0 Å². The van der Waals surface area contributed by atoms with Gasteiger partial charge in [-0.05, 0) is 38.1 Å². The van der Waals surface area contributed by atoms with E-state index in [0.717, 1.165) is 5.39 Å². The number of para-hydroxylation sites is 1. The fraction of sp³-hybridized carbons (Fsp3) is 0.280. The highest BCUT2D eigenvalue weighted by Crippen LogP contribution is 2.41. The highest BCUT2D eigenvalue weighted by Gasteiger charge is 2.29. The van der Waals surface area contributed by atoms with Gasteiger partial charge in [-0.25, -0.2) is 4.98 Å². The van der Waals surface area contributed by atoms with Gasteiger partial charge in [-0.2, -0.15) is 4.98 Å². The van der Waals surface area contributed by atoms with Crippen molar-refractivity contribution < 1.29 is 23.5 Å². The number of hydrogen-bond acceptors (Lipinski definition) is 8. The lowest BCUT2D eigenvalue weighted by molar-refractivity contribution is 0.0909. The number of aromatic nitrogens is 3. The largest absolute Gasteiger partial charge is 0.493 e. The molecule has 9 nitrogen and oxygen atoms in total. The average molecular weight is 463 g/mol. The van der Waals surface area contributed by atoms with E-state index < -0.39 is 5.54 Å². The van der Waals surface area contributed by atoms with Crippen LogP contribution in [0.4, 0.5) is 0 Å². The van der Waals surface area contributed by atoms with Gasteiger partial charge in [-0.1, -0.05) is 23.4 Å². The van der Waals surface area contributed by atoms with Crippen LogP contribution in [0.15, 0.2) is 47.0 Å². The van der Waals surface area contributed by atoms with Gasteiger partial charge in [0, 0.05) is 17.9 Å². The molecule has 176 valence electrons. The molecule has 9 heteroatoms. The van der Waals surface area contributed by atoms with Crippen LogP contribution in [0.2, 0.25) is 0 Å². The lowest BCUT2D eigenvalue weighted by Gasteiger charge is -2.23. The average Bonchev–Trinajstić information content (AvgIpc) is 3.29. The summed E-state index contributed by atoms with van der Waals surface area (Å²) in [5.74, 6) is 1.99. The van der Waals surface area contributed by atoms with E-state index in [1.54, 1.807) is 46.5 Å². The molecule has 34 heavy (non-hydrogen) atoms. The van der Waals surface area contributed by atoms with Gasteiger partial charge >= 0.3 is 0 Å². The molecule has 0 fully saturated rings. The third-order valence-electron chi connectivity index (χ3n) is 5.43. The standard InChI is InChI=1S/C25H26N4O5/c1-14-26-24(29-34-14)25(2,3)28-23(30)17-13-19(27-18-10-8-7-9-16(17)18)15-11-20(31-4)22(33-6)21(12-15)32-5/h7-13H,1-6H3,(H,28,30). The number of benzene rings is 2. The molecule has 1 amide bonds. The van der Waals surface area contributed by atoms with E-state index >= 15 is 0 Å². The maximum atomic E-state index is 13.5. The predicted octanol–water partition coefficient (Wildman–Crippen LogP) is 4.28. The molecule has 1 N–H and O–H groups in total. The Kier molecular flexibility index (Phi) is 6.10. The van der Waals surface area contributed by atoms with Crippen molar-refractivity contribution >= 4 is 16.8 Å². The van der Waals surface area contributed by atoms with Crippen LogP contribution >= 0.6 is 0 Å². The highest BCUT2D eigenvalue weighted by atomic mass is 16.5. The number of nitrogens with one attached hydrogen (secondary N) is 1. The number of methoxy groups -OCH3 is 3. The predicted molar refractivity (Wildman–Crippen MR) is 126 cm³/mol. The smallest absolute Gasteiger partial charge is 0.252 e. The molecule has 4 aromatic rings. The first-order valence-corrected chi connectivity index (χ1v) is 10.6. The molecule has 2 heterocycles. The lowest BCUT2D eigenvalue weighted by Crippen LogP contribution is -2.42. The molecule has 0 unspecified atom stereocenters. The van der Waals surface area contributed by atoms with E-state index in [2.05, 4.69) is 15.5 Å². The van der Waals surface area contributed by atoms with Crippen molar-refractivity contribution in [3.8, 4) is 28.5 Å². The Morgan fingerprint density at radius 2 is 1.65 bits per heavy atom. The minimum absolute atomic E-state index is 0.292. The Labute approximate surface area is 197 Å². The van der Waals surface area contributed by atoms with Crippen molar-refractivity contribution in [3.63, 3.8) is 0 Å². The van der Waals surface area contributed by atoms with Crippen LogP contribution in [-0.4, -0.2) is 42.4 Å². The van der Waals surface area contributed by atoms with Crippen molar-refractivity contribution in [3.05, 3.63) is 59.7 Å². The summed E-state index contributed by atoms with van der Waals surface area (Å²) in [5, 5.41) is 7.70. The van der Waals surface area contributed by atoms with Crippen LogP contribution in [0.3, 0.4) is 0 Å². The molecule has 0 aliphatic heterocycles. The summed E-state index contributed by atoms with van der Waals surface area (Å²) in [6.45, 7) is 5.34. The second kappa shape index (κ2) is 9.01. The Balaban J connectivity index is 1.83. The van der Waals surface area contributed by atoms with Gasteiger partial charge in [0.15, 0.2) is 17.3 Å². The van der Waals surface area contributed by atoms with Gasteiger partial charge < -0.3 is 24.1 Å². The van der Waals surface area contributed by atoms with E-state index in [1.807, 2.05) is 38.1 Å². The van der Waals surface area contributed by atoms with Gasteiger partial charge in [0.1, 0.15) is 0 Å². The van der Waals surface area contributed by atoms with E-state index in [9.17, 15) is 4.79 Å². The minimum atomic E-state index is -0.855. The summed E-state index contributed by atoms with van der Waals surface area (Å²) >= 11 is 0. The maximum Gasteiger partial charge on any atom is 0.252 e. The number of fused-ring (bicyclic) bond motifs is 1. The minimum Gasteiger partial charge on any atom is -0.493 e. The number of aryl methyl sites for hydroxylation is 1. The van der Waals surface area contributed by atoms with Crippen molar-refractivity contribution in [2.75, 3.05) is 21.3 Å². The van der Waals surface area contributed by atoms with Gasteiger partial charge in [0.05, 0.1) is 43.6 Å². The van der Waals surface area contributed by atoms with Crippen molar-refractivity contribution in [1.82, 2.24) is 20.4 Å². The topological polar surface area (TPSA) is 109 Å². The van der Waals surface area contributed by atoms with E-state index in [0.29, 0.717) is 51.3 Å². The third-order valence-corrected chi connectivity index (χ3v) is 5.43. The third kappa shape index (κ3) is 4.24. The summed E-state index contributed by atoms with van der Waals surface area (Å²) in [4.78, 5) is 22.5. The highest BCUT2D eigenvalue weighted by molar-refractivity contribution is 6.07. The summed E-state index contributed by atoms with van der Waals surface area (Å²) in [6.07, 6.45) is 0. The normalized spacial score (nSPS) is 11.4. The van der Waals surface area contributed by atoms with E-state index in [4.69, 9.17) is 23.7 Å². The van der Waals surface area contributed by atoms with Crippen LogP contribution < -0.4 is 19.5 Å². The van der Waals surface area contributed by atoms with Gasteiger partial charge in [0.25, 0.3) is 5.91 Å². The van der Waals surface area contributed by atoms with Crippen LogP contribution in [0.1, 0.15) is 35.9 Å². The molecular weight excluding hydrogens is 436 g/mol. The van der Waals surface area contributed by atoms with E-state index in [1.165, 1.54) is 0 Å². The molecule has 2 aromatic carbocycles. The number of hydrogen-bond donors (Lipinski definition) is 1. The quantitative estimate of drug-likeness (QED) is 0.433. The first-order valence-electron chi connectivity index (χ1n) is 10.6. The van der Waals surface area contributed by atoms with Gasteiger partial charge in [-0.3, -0.25) is 4.79 Å². The second-order valence-electron chi connectivity index (χ2n) is 8.20. The zero-order chi connectivity index (χ0) is 24.5. The van der Waals surface area contributed by atoms with Crippen molar-refractivity contribution in [2.24, 2.45) is 0 Å². The van der Waals surface area contributed by atoms with Gasteiger partial charge in [0.2, 0.25) is 11.6 Å². The summed E-state index contributed by atoms with van der Waals surface area (Å²) < 4.78 is 21.5. The molecule has 0 saturated heterocycles. The summed E-state index contributed by atoms with van der Waals surface area (Å²) in [7, 11) is 4.65. The monoisotopic (exact) mass is 462 g/mol. The summed E-state index contributed by atoms with van der Waals surface area (Å²) in [6, 6.07) is 12.8. The van der Waals surface area contributed by atoms with Crippen LogP contribution in [0, 0.1) is 6.92 Å². The molecule has 2 aromatic heterocycles. The van der Waals surface area contributed by atoms with Crippen LogP contribution in [0.5, 0.6) is 17.2 Å². The zero-order valence-electron chi connectivity index (χ0n) is 19.9. The fourth-order valence-electron chi connectivity index (χ4n) is 3.70. The van der Waals surface area contributed by atoms with Crippen LogP contribution in [-0.2, 0) is 5.54 Å². The Morgan fingerprint density at radius 1 is 0.971 bits per heavy atom. The first kappa shape index (κ1) is 23.0. The molecular formula is C25H26N4O5. The maximum absolute atomic E-state index is 13.5. The number of carbonyl (C=O) groups is 1. The Hall–Kier alpha value is -4.14. The summed E-state index contributed by atoms with van der Waals surface area (Å²) in [5.41, 5.74) is 1.57. The zero-order valence-corrected chi connectivity index (χ0v) is 19.9. The SMILES string of the molecule is COc1cc(-c2cc(C(=O)NC(C)(C)c3noc(C)n3)c3ccccc3n2)cc(OC)c1OC. The molecule has 0 aliphatic rings. The van der Waals surface area contributed by atoms with E-state index in [-0.39, 0.29) is 5.91 Å². The number of nitrogens with zero attached hydrogens (tertiary/aromatic N) is 3. The molecule has 0 bridgehead atoms.